The van der Waals surface area contributed by atoms with Crippen LogP contribution in [0.15, 0.2) is 91.6 Å². The molecule has 3 aromatic rings. The van der Waals surface area contributed by atoms with Crippen LogP contribution in [0.3, 0.4) is 0 Å². The van der Waals surface area contributed by atoms with Crippen molar-refractivity contribution in [3.05, 3.63) is 108 Å². The predicted octanol–water partition coefficient (Wildman–Crippen LogP) is 3.91. The van der Waals surface area contributed by atoms with Crippen LogP contribution in [-0.4, -0.2) is 17.5 Å². The Hall–Kier alpha value is -3.40. The highest BCUT2D eigenvalue weighted by atomic mass is 16.5. The molecule has 4 heteroatoms. The van der Waals surface area contributed by atoms with E-state index >= 15 is 0 Å². The van der Waals surface area contributed by atoms with Crippen molar-refractivity contribution < 1.29 is 9.53 Å². The third kappa shape index (κ3) is 4.29. The molecular weight excluding hydrogens is 348 g/mol. The lowest BCUT2D eigenvalue weighted by molar-refractivity contribution is -0.115. The molecule has 0 fully saturated rings. The fraction of sp³-hybridized carbons (Fsp3) is 0.167. The minimum absolute atomic E-state index is 0.170. The zero-order valence-corrected chi connectivity index (χ0v) is 15.8. The second-order valence-corrected chi connectivity index (χ2v) is 6.74. The SMILES string of the molecule is C=CCOc1cccn(C(C=O)(Cc2ccccc2)Cc2ccccc2)c1=N. The lowest BCUT2D eigenvalue weighted by Gasteiger charge is -2.32. The van der Waals surface area contributed by atoms with Gasteiger partial charge >= 0.3 is 0 Å². The summed E-state index contributed by atoms with van der Waals surface area (Å²) in [5.74, 6) is 0.426. The van der Waals surface area contributed by atoms with E-state index in [1.165, 1.54) is 0 Å². The van der Waals surface area contributed by atoms with Gasteiger partial charge in [-0.05, 0) is 23.3 Å². The van der Waals surface area contributed by atoms with Crippen LogP contribution in [0.5, 0.6) is 5.75 Å². The van der Waals surface area contributed by atoms with Gasteiger partial charge in [0.25, 0.3) is 0 Å². The topological polar surface area (TPSA) is 55.1 Å². The third-order valence-corrected chi connectivity index (χ3v) is 4.72. The van der Waals surface area contributed by atoms with Crippen LogP contribution in [0.2, 0.25) is 0 Å². The molecule has 1 heterocycles. The first-order chi connectivity index (χ1) is 13.7. The molecule has 0 aliphatic heterocycles. The number of benzene rings is 2. The molecule has 0 saturated heterocycles. The summed E-state index contributed by atoms with van der Waals surface area (Å²) in [6.07, 6.45) is 5.34. The summed E-state index contributed by atoms with van der Waals surface area (Å²) in [6.45, 7) is 3.96. The number of hydrogen-bond acceptors (Lipinski definition) is 3. The Morgan fingerprint density at radius 2 is 1.50 bits per heavy atom. The Balaban J connectivity index is 2.11. The second-order valence-electron chi connectivity index (χ2n) is 6.74. The van der Waals surface area contributed by atoms with E-state index in [1.54, 1.807) is 22.9 Å². The maximum atomic E-state index is 12.6. The van der Waals surface area contributed by atoms with Crippen molar-refractivity contribution >= 4 is 6.29 Å². The van der Waals surface area contributed by atoms with E-state index in [0.29, 0.717) is 25.2 Å². The summed E-state index contributed by atoms with van der Waals surface area (Å²) in [5, 5.41) is 8.66. The molecule has 0 radical (unpaired) electrons. The maximum Gasteiger partial charge on any atom is 0.168 e. The van der Waals surface area contributed by atoms with Crippen LogP contribution in [0.4, 0.5) is 0 Å². The molecule has 0 bridgehead atoms. The van der Waals surface area contributed by atoms with E-state index in [4.69, 9.17) is 10.1 Å². The highest BCUT2D eigenvalue weighted by molar-refractivity contribution is 5.64. The molecule has 28 heavy (non-hydrogen) atoms. The first-order valence-electron chi connectivity index (χ1n) is 9.23. The average molecular weight is 372 g/mol. The number of aldehydes is 1. The Kier molecular flexibility index (Phi) is 6.22. The highest BCUT2D eigenvalue weighted by Gasteiger charge is 2.33. The van der Waals surface area contributed by atoms with Gasteiger partial charge in [0.05, 0.1) is 0 Å². The number of carbonyl (C=O) groups is 1. The molecule has 1 N–H and O–H groups in total. The molecule has 4 nitrogen and oxygen atoms in total. The molecule has 0 unspecified atom stereocenters. The van der Waals surface area contributed by atoms with Gasteiger partial charge in [0.2, 0.25) is 0 Å². The standard InChI is InChI=1S/C24H24N2O2/c1-2-16-28-22-14-9-15-26(23(22)25)24(19-27,17-20-10-5-3-6-11-20)18-21-12-7-4-8-13-21/h2-15,19,25H,1,16-18H2. The molecule has 0 saturated carbocycles. The smallest absolute Gasteiger partial charge is 0.168 e. The number of aromatic nitrogens is 1. The summed E-state index contributed by atoms with van der Waals surface area (Å²) in [4.78, 5) is 12.6. The first-order valence-corrected chi connectivity index (χ1v) is 9.23. The number of nitrogens with zero attached hydrogens (tertiary/aromatic N) is 1. The summed E-state index contributed by atoms with van der Waals surface area (Å²) in [5.41, 5.74) is 1.31. The quantitative estimate of drug-likeness (QED) is 0.457. The summed E-state index contributed by atoms with van der Waals surface area (Å²) < 4.78 is 7.35. The van der Waals surface area contributed by atoms with E-state index in [9.17, 15) is 4.79 Å². The summed E-state index contributed by atoms with van der Waals surface area (Å²) in [6, 6.07) is 23.3. The number of pyridine rings is 1. The molecule has 1 aromatic heterocycles. The molecule has 0 spiro atoms. The molecule has 0 aliphatic carbocycles. The van der Waals surface area contributed by atoms with Gasteiger partial charge in [-0.15, -0.1) is 0 Å². The van der Waals surface area contributed by atoms with Gasteiger partial charge in [-0.2, -0.15) is 0 Å². The Morgan fingerprint density at radius 1 is 0.929 bits per heavy atom. The lowest BCUT2D eigenvalue weighted by Crippen LogP contribution is -2.46. The molecule has 0 aliphatic rings. The van der Waals surface area contributed by atoms with Crippen LogP contribution in [0, 0.1) is 5.41 Å². The van der Waals surface area contributed by atoms with E-state index in [2.05, 4.69) is 6.58 Å². The van der Waals surface area contributed by atoms with E-state index in [1.807, 2.05) is 66.7 Å². The fourth-order valence-electron chi connectivity index (χ4n) is 3.40. The highest BCUT2D eigenvalue weighted by Crippen LogP contribution is 2.25. The minimum atomic E-state index is -0.937. The van der Waals surface area contributed by atoms with Crippen molar-refractivity contribution in [3.8, 4) is 5.75 Å². The van der Waals surface area contributed by atoms with Crippen LogP contribution < -0.4 is 10.2 Å². The van der Waals surface area contributed by atoms with Gasteiger partial charge in [-0.25, -0.2) is 0 Å². The Bertz CT molecular complexity index is 937. The molecule has 0 atom stereocenters. The number of ether oxygens (including phenoxy) is 1. The maximum absolute atomic E-state index is 12.6. The monoisotopic (exact) mass is 372 g/mol. The number of nitrogens with one attached hydrogen (secondary N) is 1. The lowest BCUT2D eigenvalue weighted by atomic mass is 9.85. The zero-order valence-electron chi connectivity index (χ0n) is 15.8. The van der Waals surface area contributed by atoms with Crippen molar-refractivity contribution in [2.45, 2.75) is 18.4 Å². The Morgan fingerprint density at radius 3 is 2.00 bits per heavy atom. The molecule has 3 rings (SSSR count). The van der Waals surface area contributed by atoms with Gasteiger partial charge in [0.15, 0.2) is 11.2 Å². The van der Waals surface area contributed by atoms with Crippen LogP contribution in [0.1, 0.15) is 11.1 Å². The number of hydrogen-bond donors (Lipinski definition) is 1. The van der Waals surface area contributed by atoms with Crippen molar-refractivity contribution in [1.29, 1.82) is 5.41 Å². The predicted molar refractivity (Wildman–Crippen MR) is 110 cm³/mol. The van der Waals surface area contributed by atoms with Crippen molar-refractivity contribution in [1.82, 2.24) is 4.57 Å². The van der Waals surface area contributed by atoms with Crippen molar-refractivity contribution in [3.63, 3.8) is 0 Å². The van der Waals surface area contributed by atoms with Crippen molar-refractivity contribution in [2.24, 2.45) is 0 Å². The van der Waals surface area contributed by atoms with Gasteiger partial charge in [-0.3, -0.25) is 5.41 Å². The molecule has 2 aromatic carbocycles. The second kappa shape index (κ2) is 9.00. The van der Waals surface area contributed by atoms with E-state index in [0.717, 1.165) is 17.4 Å². The molecule has 0 amide bonds. The fourth-order valence-corrected chi connectivity index (χ4v) is 3.40. The molecule has 142 valence electrons. The third-order valence-electron chi connectivity index (χ3n) is 4.72. The van der Waals surface area contributed by atoms with E-state index < -0.39 is 5.54 Å². The van der Waals surface area contributed by atoms with Crippen LogP contribution in [0.25, 0.3) is 0 Å². The Labute approximate surface area is 165 Å². The van der Waals surface area contributed by atoms with Gasteiger partial charge in [0, 0.05) is 19.0 Å². The van der Waals surface area contributed by atoms with Crippen LogP contribution >= 0.6 is 0 Å². The van der Waals surface area contributed by atoms with Gasteiger partial charge < -0.3 is 14.1 Å². The first kappa shape index (κ1) is 19.4. The van der Waals surface area contributed by atoms with E-state index in [-0.39, 0.29) is 5.49 Å². The number of carbonyl (C=O) groups excluding carboxylic acids is 1. The van der Waals surface area contributed by atoms with Gasteiger partial charge in [0.1, 0.15) is 18.4 Å². The van der Waals surface area contributed by atoms with Crippen LogP contribution in [-0.2, 0) is 23.2 Å². The zero-order chi connectivity index (χ0) is 19.8. The largest absolute Gasteiger partial charge is 0.486 e. The molecular formula is C24H24N2O2. The van der Waals surface area contributed by atoms with Crippen molar-refractivity contribution in [2.75, 3.05) is 6.61 Å². The minimum Gasteiger partial charge on any atom is -0.486 e. The number of rotatable bonds is 9. The summed E-state index contributed by atoms with van der Waals surface area (Å²) in [7, 11) is 0. The summed E-state index contributed by atoms with van der Waals surface area (Å²) >= 11 is 0. The van der Waals surface area contributed by atoms with Gasteiger partial charge in [-0.1, -0.05) is 73.3 Å². The normalized spacial score (nSPS) is 11.0. The average Bonchev–Trinajstić information content (AvgIpc) is 2.74.